The number of nitrogens with zero attached hydrogens (tertiary/aromatic N) is 1. The van der Waals surface area contributed by atoms with E-state index in [2.05, 4.69) is 12.2 Å². The molecule has 4 heteroatoms. The van der Waals surface area contributed by atoms with Crippen LogP contribution in [0.1, 0.15) is 29.5 Å². The van der Waals surface area contributed by atoms with E-state index >= 15 is 0 Å². The molecule has 23 heavy (non-hydrogen) atoms. The minimum absolute atomic E-state index is 0.0798. The summed E-state index contributed by atoms with van der Waals surface area (Å²) in [5, 5.41) is 11.6. The molecule has 0 fully saturated rings. The minimum Gasteiger partial charge on any atom is -0.494 e. The number of hydrogen-bond acceptors (Lipinski definition) is 3. The van der Waals surface area contributed by atoms with Gasteiger partial charge in [0, 0.05) is 12.1 Å². The number of hydrogen-bond donors (Lipinski definition) is 1. The first kappa shape index (κ1) is 16.6. The Bertz CT molecular complexity index is 732. The van der Waals surface area contributed by atoms with Crippen LogP contribution in [0.2, 0.25) is 0 Å². The molecule has 1 amide bonds. The van der Waals surface area contributed by atoms with E-state index in [1.807, 2.05) is 31.2 Å². The zero-order valence-electron chi connectivity index (χ0n) is 13.4. The first-order valence-electron chi connectivity index (χ1n) is 7.58. The quantitative estimate of drug-likeness (QED) is 0.821. The highest BCUT2D eigenvalue weighted by Crippen LogP contribution is 2.17. The summed E-state index contributed by atoms with van der Waals surface area (Å²) in [6, 6.07) is 14.9. The lowest BCUT2D eigenvalue weighted by Crippen LogP contribution is -2.12. The van der Waals surface area contributed by atoms with Crippen LogP contribution in [-0.4, -0.2) is 12.5 Å². The van der Waals surface area contributed by atoms with Gasteiger partial charge in [-0.05, 0) is 61.7 Å². The van der Waals surface area contributed by atoms with Crippen LogP contribution in [-0.2, 0) is 4.79 Å². The lowest BCUT2D eigenvalue weighted by molar-refractivity contribution is -0.116. The highest BCUT2D eigenvalue weighted by Gasteiger charge is 2.04. The van der Waals surface area contributed by atoms with Gasteiger partial charge < -0.3 is 10.1 Å². The first-order valence-corrected chi connectivity index (χ1v) is 7.58. The molecule has 118 valence electrons. The van der Waals surface area contributed by atoms with Crippen LogP contribution in [0.5, 0.6) is 5.75 Å². The number of benzene rings is 2. The number of nitrogens with one attached hydrogen (secondary N) is 1. The topological polar surface area (TPSA) is 62.1 Å². The van der Waals surface area contributed by atoms with Gasteiger partial charge in [-0.3, -0.25) is 4.79 Å². The maximum atomic E-state index is 11.9. The number of aryl methyl sites for hydroxylation is 2. The van der Waals surface area contributed by atoms with Crippen molar-refractivity contribution in [3.63, 3.8) is 0 Å². The highest BCUT2D eigenvalue weighted by molar-refractivity contribution is 5.90. The molecule has 2 aromatic rings. The maximum absolute atomic E-state index is 11.9. The number of carbonyl (C=O) groups is 1. The van der Waals surface area contributed by atoms with Crippen molar-refractivity contribution in [3.05, 3.63) is 59.2 Å². The Kier molecular flexibility index (Phi) is 5.76. The van der Waals surface area contributed by atoms with E-state index in [1.165, 1.54) is 11.1 Å². The summed E-state index contributed by atoms with van der Waals surface area (Å²) in [5.74, 6) is 0.749. The van der Waals surface area contributed by atoms with Gasteiger partial charge in [0.2, 0.25) is 5.91 Å². The molecule has 2 rings (SSSR count). The normalized spacial score (nSPS) is 9.96. The summed E-state index contributed by atoms with van der Waals surface area (Å²) in [7, 11) is 0. The summed E-state index contributed by atoms with van der Waals surface area (Å²) in [4.78, 5) is 11.9. The smallest absolute Gasteiger partial charge is 0.224 e. The van der Waals surface area contributed by atoms with Gasteiger partial charge in [-0.15, -0.1) is 0 Å². The Morgan fingerprint density at radius 3 is 2.74 bits per heavy atom. The average Bonchev–Trinajstić information content (AvgIpc) is 2.55. The second kappa shape index (κ2) is 8.00. The van der Waals surface area contributed by atoms with Gasteiger partial charge in [-0.25, -0.2) is 0 Å². The largest absolute Gasteiger partial charge is 0.494 e. The Morgan fingerprint density at radius 1 is 1.17 bits per heavy atom. The van der Waals surface area contributed by atoms with Gasteiger partial charge in [-0.1, -0.05) is 12.1 Å². The molecule has 0 radical (unpaired) electrons. The third-order valence-corrected chi connectivity index (χ3v) is 3.57. The summed E-state index contributed by atoms with van der Waals surface area (Å²) in [6.07, 6.45) is 1.01. The minimum atomic E-state index is -0.0798. The molecule has 4 nitrogen and oxygen atoms in total. The fourth-order valence-electron chi connectivity index (χ4n) is 2.12. The van der Waals surface area contributed by atoms with Crippen molar-refractivity contribution in [3.8, 4) is 11.8 Å². The van der Waals surface area contributed by atoms with Crippen LogP contribution >= 0.6 is 0 Å². The van der Waals surface area contributed by atoms with Crippen LogP contribution in [0.4, 0.5) is 5.69 Å². The van der Waals surface area contributed by atoms with Gasteiger partial charge in [0.25, 0.3) is 0 Å². The van der Waals surface area contributed by atoms with E-state index in [-0.39, 0.29) is 5.91 Å². The average molecular weight is 308 g/mol. The van der Waals surface area contributed by atoms with Crippen molar-refractivity contribution >= 4 is 11.6 Å². The maximum Gasteiger partial charge on any atom is 0.224 e. The van der Waals surface area contributed by atoms with E-state index in [0.717, 1.165) is 5.75 Å². The Labute approximate surface area is 136 Å². The molecule has 0 aliphatic heterocycles. The molecular weight excluding hydrogens is 288 g/mol. The summed E-state index contributed by atoms with van der Waals surface area (Å²) in [6.45, 7) is 4.60. The van der Waals surface area contributed by atoms with Crippen molar-refractivity contribution in [1.29, 1.82) is 5.26 Å². The highest BCUT2D eigenvalue weighted by atomic mass is 16.5. The predicted octanol–water partition coefficient (Wildman–Crippen LogP) is 3.97. The summed E-state index contributed by atoms with van der Waals surface area (Å²) >= 11 is 0. The SMILES string of the molecule is Cc1ccc(OCCCC(=O)Nc2cccc(C#N)c2)cc1C. The molecular formula is C19H20N2O2. The van der Waals surface area contributed by atoms with Crippen LogP contribution in [0.15, 0.2) is 42.5 Å². The van der Waals surface area contributed by atoms with Gasteiger partial charge in [-0.2, -0.15) is 5.26 Å². The third-order valence-electron chi connectivity index (χ3n) is 3.57. The van der Waals surface area contributed by atoms with E-state index < -0.39 is 0 Å². The van der Waals surface area contributed by atoms with Crippen molar-refractivity contribution in [2.24, 2.45) is 0 Å². The monoisotopic (exact) mass is 308 g/mol. The third kappa shape index (κ3) is 5.15. The molecule has 2 aromatic carbocycles. The Hall–Kier alpha value is -2.80. The standard InChI is InChI=1S/C19H20N2O2/c1-14-8-9-18(11-15(14)2)23-10-4-7-19(22)21-17-6-3-5-16(12-17)13-20/h3,5-6,8-9,11-12H,4,7,10H2,1-2H3,(H,21,22). The van der Waals surface area contributed by atoms with Gasteiger partial charge in [0.15, 0.2) is 0 Å². The van der Waals surface area contributed by atoms with Crippen LogP contribution < -0.4 is 10.1 Å². The van der Waals surface area contributed by atoms with E-state index in [1.54, 1.807) is 24.3 Å². The van der Waals surface area contributed by atoms with Crippen LogP contribution in [0.25, 0.3) is 0 Å². The molecule has 0 atom stereocenters. The van der Waals surface area contributed by atoms with Crippen molar-refractivity contribution < 1.29 is 9.53 Å². The Balaban J connectivity index is 1.74. The predicted molar refractivity (Wildman–Crippen MR) is 90.4 cm³/mol. The number of rotatable bonds is 6. The molecule has 0 heterocycles. The lowest BCUT2D eigenvalue weighted by atomic mass is 10.1. The number of anilines is 1. The molecule has 0 saturated carbocycles. The lowest BCUT2D eigenvalue weighted by Gasteiger charge is -2.09. The van der Waals surface area contributed by atoms with Gasteiger partial charge in [0.05, 0.1) is 18.2 Å². The van der Waals surface area contributed by atoms with E-state index in [9.17, 15) is 4.79 Å². The first-order chi connectivity index (χ1) is 11.1. The molecule has 0 aliphatic carbocycles. The molecule has 0 unspecified atom stereocenters. The second-order valence-electron chi connectivity index (χ2n) is 5.44. The zero-order valence-corrected chi connectivity index (χ0v) is 13.4. The van der Waals surface area contributed by atoms with Gasteiger partial charge in [0.1, 0.15) is 5.75 Å². The number of amides is 1. The zero-order chi connectivity index (χ0) is 16.7. The molecule has 0 aromatic heterocycles. The molecule has 0 bridgehead atoms. The molecule has 0 saturated heterocycles. The van der Waals surface area contributed by atoms with Crippen LogP contribution in [0, 0.1) is 25.2 Å². The van der Waals surface area contributed by atoms with E-state index in [0.29, 0.717) is 30.7 Å². The second-order valence-corrected chi connectivity index (χ2v) is 5.44. The number of ether oxygens (including phenoxy) is 1. The van der Waals surface area contributed by atoms with Crippen molar-refractivity contribution in [2.75, 3.05) is 11.9 Å². The van der Waals surface area contributed by atoms with Crippen molar-refractivity contribution in [2.45, 2.75) is 26.7 Å². The number of nitriles is 1. The number of carbonyl (C=O) groups excluding carboxylic acids is 1. The molecule has 1 N–H and O–H groups in total. The fraction of sp³-hybridized carbons (Fsp3) is 0.263. The van der Waals surface area contributed by atoms with Gasteiger partial charge >= 0.3 is 0 Å². The molecule has 0 spiro atoms. The molecule has 0 aliphatic rings. The fourth-order valence-corrected chi connectivity index (χ4v) is 2.12. The van der Waals surface area contributed by atoms with Crippen LogP contribution in [0.3, 0.4) is 0 Å². The van der Waals surface area contributed by atoms with Crippen molar-refractivity contribution in [1.82, 2.24) is 0 Å². The van der Waals surface area contributed by atoms with E-state index in [4.69, 9.17) is 10.00 Å². The summed E-state index contributed by atoms with van der Waals surface area (Å²) in [5.41, 5.74) is 3.60. The summed E-state index contributed by atoms with van der Waals surface area (Å²) < 4.78 is 5.66. The Morgan fingerprint density at radius 2 is 2.00 bits per heavy atom.